The second-order valence-electron chi connectivity index (χ2n) is 10.1. The number of fused-ring (bicyclic) bond motifs is 2. The first kappa shape index (κ1) is 25.0. The van der Waals surface area contributed by atoms with Gasteiger partial charge in [-0.05, 0) is 62.2 Å². The van der Waals surface area contributed by atoms with Gasteiger partial charge < -0.3 is 25.8 Å². The highest BCUT2D eigenvalue weighted by Gasteiger charge is 2.23. The Morgan fingerprint density at radius 3 is 2.11 bits per heavy atom. The van der Waals surface area contributed by atoms with Crippen LogP contribution < -0.4 is 25.8 Å². The van der Waals surface area contributed by atoms with Crippen molar-refractivity contribution in [3.05, 3.63) is 60.7 Å². The zero-order valence-corrected chi connectivity index (χ0v) is 22.8. The lowest BCUT2D eigenvalue weighted by Gasteiger charge is -2.30. The summed E-state index contributed by atoms with van der Waals surface area (Å²) in [6, 6.07) is 21.5. The smallest absolute Gasteiger partial charge is 0.225 e. The number of nitrogens with one attached hydrogen (secondary N) is 3. The quantitative estimate of drug-likeness (QED) is 0.287. The second kappa shape index (κ2) is 10.8. The molecular weight excluding hydrogens is 478 g/mol. The van der Waals surface area contributed by atoms with Crippen LogP contribution >= 0.6 is 12.2 Å². The van der Waals surface area contributed by atoms with E-state index in [-0.39, 0.29) is 0 Å². The number of benzene rings is 3. The highest BCUT2D eigenvalue weighted by Crippen LogP contribution is 2.32. The highest BCUT2D eigenvalue weighted by atomic mass is 32.1. The lowest BCUT2D eigenvalue weighted by Crippen LogP contribution is -2.42. The summed E-state index contributed by atoms with van der Waals surface area (Å²) in [6.07, 6.45) is 4.14. The summed E-state index contributed by atoms with van der Waals surface area (Å²) in [5.74, 6) is 1.63. The van der Waals surface area contributed by atoms with Crippen molar-refractivity contribution < 1.29 is 0 Å². The van der Waals surface area contributed by atoms with Gasteiger partial charge in [-0.15, -0.1) is 0 Å². The molecular formula is C29H35N7S. The zero-order chi connectivity index (χ0) is 25.9. The van der Waals surface area contributed by atoms with Crippen LogP contribution in [0.4, 0.5) is 23.1 Å². The number of nitrogens with zero attached hydrogens (tertiary/aromatic N) is 4. The predicted octanol–water partition coefficient (Wildman–Crippen LogP) is 5.62. The molecule has 37 heavy (non-hydrogen) atoms. The maximum absolute atomic E-state index is 5.71. The molecule has 0 radical (unpaired) electrons. The molecule has 5 rings (SSSR count). The van der Waals surface area contributed by atoms with E-state index < -0.39 is 0 Å². The Morgan fingerprint density at radius 2 is 1.41 bits per heavy atom. The fourth-order valence-electron chi connectivity index (χ4n) is 5.16. The zero-order valence-electron chi connectivity index (χ0n) is 22.0. The van der Waals surface area contributed by atoms with Crippen LogP contribution in [0, 0.1) is 0 Å². The summed E-state index contributed by atoms with van der Waals surface area (Å²) in [6.45, 7) is 0. The van der Waals surface area contributed by atoms with Gasteiger partial charge in [-0.1, -0.05) is 36.4 Å². The van der Waals surface area contributed by atoms with Crippen LogP contribution in [0.15, 0.2) is 60.7 Å². The van der Waals surface area contributed by atoms with Gasteiger partial charge in [-0.3, -0.25) is 0 Å². The number of thiocarbonyl (C=S) groups is 1. The van der Waals surface area contributed by atoms with Crippen molar-refractivity contribution in [2.75, 3.05) is 48.6 Å². The average molecular weight is 514 g/mol. The first-order chi connectivity index (χ1) is 17.9. The molecule has 3 N–H and O–H groups in total. The molecule has 0 aliphatic heterocycles. The number of hydrogen-bond acceptors (Lipinski definition) is 6. The third-order valence-electron chi connectivity index (χ3n) is 7.03. The van der Waals surface area contributed by atoms with E-state index in [9.17, 15) is 0 Å². The number of hydrogen-bond donors (Lipinski definition) is 3. The van der Waals surface area contributed by atoms with E-state index in [1.165, 1.54) is 16.5 Å². The summed E-state index contributed by atoms with van der Waals surface area (Å²) in [5, 5.41) is 14.7. The molecule has 1 fully saturated rings. The summed E-state index contributed by atoms with van der Waals surface area (Å²) in [4.78, 5) is 13.8. The van der Waals surface area contributed by atoms with E-state index in [0.29, 0.717) is 23.1 Å². The van der Waals surface area contributed by atoms with Crippen molar-refractivity contribution in [3.8, 4) is 0 Å². The number of rotatable bonds is 6. The van der Waals surface area contributed by atoms with Crippen LogP contribution in [-0.4, -0.2) is 55.4 Å². The van der Waals surface area contributed by atoms with Gasteiger partial charge in [0, 0.05) is 67.8 Å². The van der Waals surface area contributed by atoms with Gasteiger partial charge in [-0.25, -0.2) is 4.98 Å². The number of anilines is 4. The fourth-order valence-corrected chi connectivity index (χ4v) is 5.43. The minimum atomic E-state index is 0.346. The van der Waals surface area contributed by atoms with Crippen molar-refractivity contribution >= 4 is 62.1 Å². The van der Waals surface area contributed by atoms with Crippen LogP contribution in [0.3, 0.4) is 0 Å². The molecule has 3 aromatic carbocycles. The molecule has 1 saturated carbocycles. The van der Waals surface area contributed by atoms with E-state index in [2.05, 4.69) is 77.4 Å². The molecule has 1 aromatic heterocycles. The van der Waals surface area contributed by atoms with Gasteiger partial charge in [0.1, 0.15) is 5.82 Å². The predicted molar refractivity (Wildman–Crippen MR) is 161 cm³/mol. The molecule has 0 atom stereocenters. The summed E-state index contributed by atoms with van der Waals surface area (Å²) in [5.41, 5.74) is 3.18. The van der Waals surface area contributed by atoms with Gasteiger partial charge >= 0.3 is 0 Å². The van der Waals surface area contributed by atoms with Crippen LogP contribution in [0.2, 0.25) is 0 Å². The standard InChI is InChI=1S/C29H35N7S/c1-35(2)26-18-17-25(21-9-5-6-10-22(21)26)33-29(37)31-20-15-13-19(14-16-20)30-28-32-24-12-8-7-11-23(24)27(34-28)36(3)4/h5-12,17-20H,13-16H2,1-4H3,(H,30,32,34)(H2,31,33,37)/t19-,20+. The molecule has 1 aliphatic carbocycles. The van der Waals surface area contributed by atoms with Gasteiger partial charge in [0.25, 0.3) is 0 Å². The molecule has 0 bridgehead atoms. The van der Waals surface area contributed by atoms with Gasteiger partial charge in [0.05, 0.1) is 5.52 Å². The summed E-state index contributed by atoms with van der Waals surface area (Å²) >= 11 is 5.71. The van der Waals surface area contributed by atoms with Crippen molar-refractivity contribution in [2.24, 2.45) is 0 Å². The minimum Gasteiger partial charge on any atom is -0.377 e. The van der Waals surface area contributed by atoms with Gasteiger partial charge in [0.2, 0.25) is 5.95 Å². The normalized spacial score (nSPS) is 17.4. The molecule has 4 aromatic rings. The SMILES string of the molecule is CN(C)c1nc(N[C@H]2CC[C@@H](NC(=S)Nc3ccc(N(C)C)c4ccccc34)CC2)nc2ccccc12. The monoisotopic (exact) mass is 513 g/mol. The van der Waals surface area contributed by atoms with E-state index in [1.54, 1.807) is 0 Å². The molecule has 0 saturated heterocycles. The lowest BCUT2D eigenvalue weighted by atomic mass is 9.91. The van der Waals surface area contributed by atoms with Crippen molar-refractivity contribution in [3.63, 3.8) is 0 Å². The summed E-state index contributed by atoms with van der Waals surface area (Å²) < 4.78 is 0. The van der Waals surface area contributed by atoms with E-state index in [4.69, 9.17) is 22.2 Å². The largest absolute Gasteiger partial charge is 0.377 e. The topological polar surface area (TPSA) is 68.4 Å². The first-order valence-corrected chi connectivity index (χ1v) is 13.3. The lowest BCUT2D eigenvalue weighted by molar-refractivity contribution is 0.387. The first-order valence-electron chi connectivity index (χ1n) is 12.9. The molecule has 0 amide bonds. The Balaban J connectivity index is 1.19. The van der Waals surface area contributed by atoms with Gasteiger partial charge in [-0.2, -0.15) is 4.98 Å². The Hall–Kier alpha value is -3.65. The minimum absolute atomic E-state index is 0.346. The van der Waals surface area contributed by atoms with Crippen LogP contribution in [0.25, 0.3) is 21.7 Å². The maximum Gasteiger partial charge on any atom is 0.225 e. The Kier molecular flexibility index (Phi) is 7.28. The van der Waals surface area contributed by atoms with Crippen molar-refractivity contribution in [1.29, 1.82) is 0 Å². The molecule has 1 heterocycles. The van der Waals surface area contributed by atoms with Crippen LogP contribution in [0.5, 0.6) is 0 Å². The van der Waals surface area contributed by atoms with Crippen molar-refractivity contribution in [2.45, 2.75) is 37.8 Å². The molecule has 192 valence electrons. The third-order valence-corrected chi connectivity index (χ3v) is 7.25. The van der Waals surface area contributed by atoms with Crippen LogP contribution in [0.1, 0.15) is 25.7 Å². The molecule has 8 heteroatoms. The average Bonchev–Trinajstić information content (AvgIpc) is 2.89. The number of aromatic nitrogens is 2. The van der Waals surface area contributed by atoms with Gasteiger partial charge in [0.15, 0.2) is 5.11 Å². The Bertz CT molecular complexity index is 1410. The highest BCUT2D eigenvalue weighted by molar-refractivity contribution is 7.80. The van der Waals surface area contributed by atoms with Crippen LogP contribution in [-0.2, 0) is 0 Å². The molecule has 0 unspecified atom stereocenters. The molecule has 0 spiro atoms. The van der Waals surface area contributed by atoms with E-state index in [0.717, 1.165) is 48.1 Å². The summed E-state index contributed by atoms with van der Waals surface area (Å²) in [7, 11) is 8.18. The van der Waals surface area contributed by atoms with E-state index in [1.807, 2.05) is 37.2 Å². The maximum atomic E-state index is 5.71. The van der Waals surface area contributed by atoms with Crippen molar-refractivity contribution in [1.82, 2.24) is 15.3 Å². The van der Waals surface area contributed by atoms with E-state index >= 15 is 0 Å². The third kappa shape index (κ3) is 5.54. The fraction of sp³-hybridized carbons (Fsp3) is 0.345. The number of para-hydroxylation sites is 1. The molecule has 1 aliphatic rings. The Labute approximate surface area is 224 Å². The Morgan fingerprint density at radius 1 is 0.757 bits per heavy atom. The molecule has 7 nitrogen and oxygen atoms in total. The second-order valence-corrected chi connectivity index (χ2v) is 10.6.